The van der Waals surface area contributed by atoms with Crippen LogP contribution in [0.1, 0.15) is 18.5 Å². The summed E-state index contributed by atoms with van der Waals surface area (Å²) in [5.74, 6) is 0.622. The number of amides is 1. The number of nitrogens with zero attached hydrogens (tertiary/aromatic N) is 5. The molecule has 2 aromatic rings. The van der Waals surface area contributed by atoms with Crippen LogP contribution >= 0.6 is 0 Å². The average Bonchev–Trinajstić information content (AvgIpc) is 3.28. The van der Waals surface area contributed by atoms with E-state index in [0.29, 0.717) is 11.8 Å². The molecule has 1 aromatic heterocycles. The summed E-state index contributed by atoms with van der Waals surface area (Å²) in [6, 6.07) is 6.66. The minimum atomic E-state index is -0.244. The van der Waals surface area contributed by atoms with E-state index in [9.17, 15) is 9.18 Å². The zero-order valence-corrected chi connectivity index (χ0v) is 14.3. The van der Waals surface area contributed by atoms with Gasteiger partial charge in [0.15, 0.2) is 0 Å². The summed E-state index contributed by atoms with van der Waals surface area (Å²) < 4.78 is 15.7. The van der Waals surface area contributed by atoms with E-state index in [1.165, 1.54) is 6.07 Å². The molecule has 0 spiro atoms. The lowest BCUT2D eigenvalue weighted by molar-refractivity contribution is -0.130. The molecule has 4 rings (SSSR count). The highest BCUT2D eigenvalue weighted by Crippen LogP contribution is 2.44. The van der Waals surface area contributed by atoms with Gasteiger partial charge < -0.3 is 14.4 Å². The molecule has 0 radical (unpaired) electrons. The third-order valence-corrected chi connectivity index (χ3v) is 5.48. The third-order valence-electron chi connectivity index (χ3n) is 5.48. The molecule has 0 aliphatic carbocycles. The standard InChI is InChI=1S/C18H22FN5O/c1-13(25)24-9-15-8-22(5-6-23-11-20-21-12-23)10-17(15)18(24)14-3-2-4-16(19)7-14/h2-4,7,11-12,15,17-18H,5-6,8-10H2,1H3/t15-,17-,18+/m1/s1. The number of aromatic nitrogens is 3. The maximum absolute atomic E-state index is 13.7. The molecule has 2 aliphatic heterocycles. The average molecular weight is 343 g/mol. The van der Waals surface area contributed by atoms with Crippen molar-refractivity contribution in [3.8, 4) is 0 Å². The zero-order chi connectivity index (χ0) is 17.4. The Morgan fingerprint density at radius 2 is 2.00 bits per heavy atom. The Balaban J connectivity index is 1.50. The molecule has 0 unspecified atom stereocenters. The summed E-state index contributed by atoms with van der Waals surface area (Å²) in [4.78, 5) is 16.5. The van der Waals surface area contributed by atoms with Gasteiger partial charge in [-0.3, -0.25) is 4.79 Å². The Labute approximate surface area is 146 Å². The quantitative estimate of drug-likeness (QED) is 0.846. The number of carbonyl (C=O) groups is 1. The molecule has 2 aliphatic rings. The Morgan fingerprint density at radius 3 is 2.72 bits per heavy atom. The minimum Gasteiger partial charge on any atom is -0.335 e. The van der Waals surface area contributed by atoms with E-state index in [4.69, 9.17) is 0 Å². The van der Waals surface area contributed by atoms with Crippen molar-refractivity contribution in [3.63, 3.8) is 0 Å². The van der Waals surface area contributed by atoms with Gasteiger partial charge in [0.05, 0.1) is 6.04 Å². The number of likely N-dealkylation sites (tertiary alicyclic amines) is 2. The molecule has 2 fully saturated rings. The van der Waals surface area contributed by atoms with Crippen molar-refractivity contribution in [2.75, 3.05) is 26.2 Å². The molecular weight excluding hydrogens is 321 g/mol. The highest BCUT2D eigenvalue weighted by Gasteiger charge is 2.48. The van der Waals surface area contributed by atoms with Crippen LogP contribution in [0.2, 0.25) is 0 Å². The summed E-state index contributed by atoms with van der Waals surface area (Å²) in [6.07, 6.45) is 3.45. The molecule has 2 saturated heterocycles. The molecule has 6 nitrogen and oxygen atoms in total. The predicted octanol–water partition coefficient (Wildman–Crippen LogP) is 1.57. The van der Waals surface area contributed by atoms with Crippen molar-refractivity contribution in [1.29, 1.82) is 0 Å². The lowest BCUT2D eigenvalue weighted by atomic mass is 9.89. The molecule has 0 N–H and O–H groups in total. The van der Waals surface area contributed by atoms with Crippen molar-refractivity contribution in [1.82, 2.24) is 24.6 Å². The van der Waals surface area contributed by atoms with Crippen LogP contribution in [-0.4, -0.2) is 56.7 Å². The molecule has 1 aromatic carbocycles. The SMILES string of the molecule is CC(=O)N1C[C@H]2CN(CCn3cnnc3)C[C@H]2[C@@H]1c1cccc(F)c1. The third kappa shape index (κ3) is 3.16. The van der Waals surface area contributed by atoms with Gasteiger partial charge in [-0.1, -0.05) is 12.1 Å². The van der Waals surface area contributed by atoms with E-state index >= 15 is 0 Å². The second-order valence-electron chi connectivity index (χ2n) is 7.05. The van der Waals surface area contributed by atoms with Gasteiger partial charge in [0.1, 0.15) is 18.5 Å². The molecule has 1 amide bonds. The largest absolute Gasteiger partial charge is 0.335 e. The number of halogens is 1. The normalized spacial score (nSPS) is 26.2. The van der Waals surface area contributed by atoms with Gasteiger partial charge >= 0.3 is 0 Å². The van der Waals surface area contributed by atoms with E-state index in [2.05, 4.69) is 15.1 Å². The molecule has 0 bridgehead atoms. The van der Waals surface area contributed by atoms with Crippen LogP contribution in [0.5, 0.6) is 0 Å². The van der Waals surface area contributed by atoms with Crippen LogP contribution in [0.3, 0.4) is 0 Å². The molecule has 25 heavy (non-hydrogen) atoms. The zero-order valence-electron chi connectivity index (χ0n) is 14.3. The molecule has 132 valence electrons. The fraction of sp³-hybridized carbons (Fsp3) is 0.500. The van der Waals surface area contributed by atoms with Crippen LogP contribution in [0.25, 0.3) is 0 Å². The topological polar surface area (TPSA) is 54.3 Å². The second kappa shape index (κ2) is 6.55. The van der Waals surface area contributed by atoms with E-state index in [1.807, 2.05) is 15.5 Å². The van der Waals surface area contributed by atoms with Crippen LogP contribution in [0.4, 0.5) is 4.39 Å². The number of carbonyl (C=O) groups excluding carboxylic acids is 1. The van der Waals surface area contributed by atoms with Gasteiger partial charge in [-0.05, 0) is 23.6 Å². The first-order chi connectivity index (χ1) is 12.1. The minimum absolute atomic E-state index is 0.0295. The molecule has 7 heteroatoms. The first kappa shape index (κ1) is 16.2. The number of benzene rings is 1. The number of hydrogen-bond donors (Lipinski definition) is 0. The first-order valence-electron chi connectivity index (χ1n) is 8.69. The second-order valence-corrected chi connectivity index (χ2v) is 7.05. The van der Waals surface area contributed by atoms with Crippen LogP contribution < -0.4 is 0 Å². The fourth-order valence-electron chi connectivity index (χ4n) is 4.36. The van der Waals surface area contributed by atoms with Gasteiger partial charge in [-0.15, -0.1) is 10.2 Å². The molecular formula is C18H22FN5O. The molecule has 0 saturated carbocycles. The summed E-state index contributed by atoms with van der Waals surface area (Å²) in [7, 11) is 0. The Hall–Kier alpha value is -2.28. The Bertz CT molecular complexity index is 750. The maximum Gasteiger partial charge on any atom is 0.219 e. The fourth-order valence-corrected chi connectivity index (χ4v) is 4.36. The van der Waals surface area contributed by atoms with Crippen molar-refractivity contribution in [3.05, 3.63) is 48.3 Å². The Kier molecular flexibility index (Phi) is 4.25. The Morgan fingerprint density at radius 1 is 1.20 bits per heavy atom. The van der Waals surface area contributed by atoms with Gasteiger partial charge in [-0.2, -0.15) is 0 Å². The van der Waals surface area contributed by atoms with Gasteiger partial charge in [0.25, 0.3) is 0 Å². The number of hydrogen-bond acceptors (Lipinski definition) is 4. The molecule has 3 atom stereocenters. The van der Waals surface area contributed by atoms with E-state index < -0.39 is 0 Å². The summed E-state index contributed by atoms with van der Waals surface area (Å²) in [6.45, 7) is 6.05. The van der Waals surface area contributed by atoms with Crippen molar-refractivity contribution < 1.29 is 9.18 Å². The highest BCUT2D eigenvalue weighted by atomic mass is 19.1. The van der Waals surface area contributed by atoms with Gasteiger partial charge in [0, 0.05) is 45.6 Å². The lowest BCUT2D eigenvalue weighted by Crippen LogP contribution is -2.35. The maximum atomic E-state index is 13.7. The van der Waals surface area contributed by atoms with Crippen molar-refractivity contribution in [2.45, 2.75) is 19.5 Å². The highest BCUT2D eigenvalue weighted by molar-refractivity contribution is 5.74. The van der Waals surface area contributed by atoms with Crippen LogP contribution in [0.15, 0.2) is 36.9 Å². The van der Waals surface area contributed by atoms with Crippen molar-refractivity contribution >= 4 is 5.91 Å². The van der Waals surface area contributed by atoms with Crippen molar-refractivity contribution in [2.24, 2.45) is 11.8 Å². The summed E-state index contributed by atoms with van der Waals surface area (Å²) >= 11 is 0. The van der Waals surface area contributed by atoms with Crippen LogP contribution in [-0.2, 0) is 11.3 Å². The molecule has 3 heterocycles. The monoisotopic (exact) mass is 343 g/mol. The predicted molar refractivity (Wildman–Crippen MR) is 90.0 cm³/mol. The van der Waals surface area contributed by atoms with Gasteiger partial charge in [-0.25, -0.2) is 4.39 Å². The number of fused-ring (bicyclic) bond motifs is 1. The van der Waals surface area contributed by atoms with E-state index in [1.54, 1.807) is 31.7 Å². The summed E-state index contributed by atoms with van der Waals surface area (Å²) in [5, 5.41) is 7.66. The number of rotatable bonds is 4. The van der Waals surface area contributed by atoms with Crippen LogP contribution in [0, 0.1) is 17.7 Å². The van der Waals surface area contributed by atoms with Gasteiger partial charge in [0.2, 0.25) is 5.91 Å². The first-order valence-corrected chi connectivity index (χ1v) is 8.69. The van der Waals surface area contributed by atoms with E-state index in [0.717, 1.165) is 38.3 Å². The lowest BCUT2D eigenvalue weighted by Gasteiger charge is -2.29. The summed E-state index contributed by atoms with van der Waals surface area (Å²) in [5.41, 5.74) is 0.906. The van der Waals surface area contributed by atoms with E-state index in [-0.39, 0.29) is 17.8 Å². The smallest absolute Gasteiger partial charge is 0.219 e.